The van der Waals surface area contributed by atoms with Crippen LogP contribution in [0.4, 0.5) is 11.4 Å². The highest BCUT2D eigenvalue weighted by Gasteiger charge is 2.08. The highest BCUT2D eigenvalue weighted by atomic mass is 35.5. The van der Waals surface area contributed by atoms with Crippen LogP contribution in [0, 0.1) is 0 Å². The molecule has 0 saturated heterocycles. The molecule has 1 aromatic heterocycles. The van der Waals surface area contributed by atoms with Gasteiger partial charge in [-0.2, -0.15) is 0 Å². The van der Waals surface area contributed by atoms with Gasteiger partial charge in [0, 0.05) is 35.0 Å². The van der Waals surface area contributed by atoms with E-state index in [0.717, 1.165) is 5.56 Å². The number of rotatable bonds is 5. The molecule has 0 spiro atoms. The lowest BCUT2D eigenvalue weighted by molar-refractivity contribution is -0.117. The predicted molar refractivity (Wildman–Crippen MR) is 108 cm³/mol. The number of nitrogens with zero attached hydrogens (tertiary/aromatic N) is 2. The minimum atomic E-state index is -0.386. The molecule has 0 atom stereocenters. The van der Waals surface area contributed by atoms with Gasteiger partial charge >= 0.3 is 0 Å². The molecule has 0 bridgehead atoms. The quantitative estimate of drug-likeness (QED) is 0.692. The van der Waals surface area contributed by atoms with E-state index in [1.165, 1.54) is 23.9 Å². The van der Waals surface area contributed by atoms with Gasteiger partial charge in [-0.05, 0) is 30.3 Å². The maximum atomic E-state index is 12.3. The lowest BCUT2D eigenvalue weighted by Crippen LogP contribution is -2.27. The van der Waals surface area contributed by atoms with E-state index in [9.17, 15) is 14.4 Å². The Hall–Kier alpha value is -3.45. The molecule has 142 valence electrons. The number of hydrogen-bond acceptors (Lipinski definition) is 4. The molecule has 1 heterocycles. The molecule has 2 N–H and O–H groups in total. The van der Waals surface area contributed by atoms with E-state index in [1.807, 2.05) is 0 Å². The third kappa shape index (κ3) is 5.05. The van der Waals surface area contributed by atoms with Gasteiger partial charge in [-0.3, -0.25) is 19.0 Å². The van der Waals surface area contributed by atoms with Crippen molar-refractivity contribution < 1.29 is 9.59 Å². The standard InChI is InChI=1S/C20H17ClN4O3/c1-13(26)23-16-3-2-4-17(9-16)24-19(27)11-25-12-22-18(10-20(25)28)14-5-7-15(21)8-6-14/h2-10,12H,11H2,1H3,(H,23,26)(H,24,27). The molecule has 3 rings (SSSR count). The van der Waals surface area contributed by atoms with Crippen molar-refractivity contribution in [1.29, 1.82) is 0 Å². The number of carbonyl (C=O) groups excluding carboxylic acids is 2. The molecule has 0 aliphatic heterocycles. The number of anilines is 2. The van der Waals surface area contributed by atoms with Crippen molar-refractivity contribution >= 4 is 34.8 Å². The van der Waals surface area contributed by atoms with E-state index in [2.05, 4.69) is 15.6 Å². The van der Waals surface area contributed by atoms with Crippen LogP contribution in [0.3, 0.4) is 0 Å². The lowest BCUT2D eigenvalue weighted by Gasteiger charge is -2.09. The van der Waals surface area contributed by atoms with E-state index in [0.29, 0.717) is 22.1 Å². The average molecular weight is 397 g/mol. The van der Waals surface area contributed by atoms with Crippen molar-refractivity contribution in [1.82, 2.24) is 9.55 Å². The molecule has 2 aromatic carbocycles. The van der Waals surface area contributed by atoms with Crippen LogP contribution in [0.15, 0.2) is 65.7 Å². The van der Waals surface area contributed by atoms with Crippen molar-refractivity contribution in [2.45, 2.75) is 13.5 Å². The van der Waals surface area contributed by atoms with Crippen LogP contribution < -0.4 is 16.2 Å². The topological polar surface area (TPSA) is 93.1 Å². The molecule has 0 radical (unpaired) electrons. The van der Waals surface area contributed by atoms with Crippen molar-refractivity contribution in [3.05, 3.63) is 76.3 Å². The molecular weight excluding hydrogens is 380 g/mol. The zero-order chi connectivity index (χ0) is 20.1. The first-order valence-electron chi connectivity index (χ1n) is 8.40. The van der Waals surface area contributed by atoms with Crippen molar-refractivity contribution in [3.63, 3.8) is 0 Å². The summed E-state index contributed by atoms with van der Waals surface area (Å²) >= 11 is 5.86. The summed E-state index contributed by atoms with van der Waals surface area (Å²) in [5.74, 6) is -0.593. The largest absolute Gasteiger partial charge is 0.326 e. The molecule has 8 heteroatoms. The summed E-state index contributed by atoms with van der Waals surface area (Å²) in [5, 5.41) is 5.92. The number of hydrogen-bond donors (Lipinski definition) is 2. The number of halogens is 1. The SMILES string of the molecule is CC(=O)Nc1cccc(NC(=O)Cn2cnc(-c3ccc(Cl)cc3)cc2=O)c1. The van der Waals surface area contributed by atoms with Gasteiger partial charge in [-0.15, -0.1) is 0 Å². The van der Waals surface area contributed by atoms with Gasteiger partial charge in [0.25, 0.3) is 5.56 Å². The third-order valence-corrected chi connectivity index (χ3v) is 4.05. The molecular formula is C20H17ClN4O3. The van der Waals surface area contributed by atoms with E-state index in [-0.39, 0.29) is 23.9 Å². The second kappa shape index (κ2) is 8.49. The van der Waals surface area contributed by atoms with Gasteiger partial charge in [-0.25, -0.2) is 4.98 Å². The van der Waals surface area contributed by atoms with Crippen LogP contribution in [0.2, 0.25) is 5.02 Å². The minimum Gasteiger partial charge on any atom is -0.326 e. The molecule has 7 nitrogen and oxygen atoms in total. The normalized spacial score (nSPS) is 10.4. The Labute approximate surface area is 166 Å². The Balaban J connectivity index is 1.70. The second-order valence-electron chi connectivity index (χ2n) is 6.06. The highest BCUT2D eigenvalue weighted by Crippen LogP contribution is 2.18. The molecule has 0 saturated carbocycles. The Kier molecular flexibility index (Phi) is 5.86. The van der Waals surface area contributed by atoms with Crippen LogP contribution in [-0.2, 0) is 16.1 Å². The Bertz CT molecular complexity index is 1080. The summed E-state index contributed by atoms with van der Waals surface area (Å²) in [4.78, 5) is 39.9. The third-order valence-electron chi connectivity index (χ3n) is 3.80. The average Bonchev–Trinajstić information content (AvgIpc) is 2.64. The van der Waals surface area contributed by atoms with Crippen LogP contribution in [0.1, 0.15) is 6.92 Å². The van der Waals surface area contributed by atoms with Crippen molar-refractivity contribution in [2.75, 3.05) is 10.6 Å². The van der Waals surface area contributed by atoms with Crippen molar-refractivity contribution in [3.8, 4) is 11.3 Å². The smallest absolute Gasteiger partial charge is 0.254 e. The first kappa shape index (κ1) is 19.3. The van der Waals surface area contributed by atoms with E-state index >= 15 is 0 Å². The van der Waals surface area contributed by atoms with E-state index < -0.39 is 0 Å². The van der Waals surface area contributed by atoms with Gasteiger partial charge in [0.05, 0.1) is 12.0 Å². The number of benzene rings is 2. The second-order valence-corrected chi connectivity index (χ2v) is 6.49. The van der Waals surface area contributed by atoms with Crippen LogP contribution in [0.25, 0.3) is 11.3 Å². The minimum absolute atomic E-state index is 0.183. The van der Waals surface area contributed by atoms with Gasteiger partial charge in [0.15, 0.2) is 0 Å². The summed E-state index contributed by atoms with van der Waals surface area (Å²) in [7, 11) is 0. The fraction of sp³-hybridized carbons (Fsp3) is 0.100. The fourth-order valence-corrected chi connectivity index (χ4v) is 2.68. The summed E-state index contributed by atoms with van der Waals surface area (Å²) in [6, 6.07) is 15.1. The molecule has 2 amide bonds. The Morgan fingerprint density at radius 2 is 1.71 bits per heavy atom. The summed E-state index contributed by atoms with van der Waals surface area (Å²) in [5.41, 5.74) is 1.99. The lowest BCUT2D eigenvalue weighted by atomic mass is 10.1. The van der Waals surface area contributed by atoms with Gasteiger partial charge in [0.2, 0.25) is 11.8 Å². The zero-order valence-electron chi connectivity index (χ0n) is 15.0. The molecule has 3 aromatic rings. The van der Waals surface area contributed by atoms with Gasteiger partial charge < -0.3 is 10.6 Å². The first-order valence-corrected chi connectivity index (χ1v) is 8.78. The molecule has 0 unspecified atom stereocenters. The van der Waals surface area contributed by atoms with Crippen LogP contribution in [0.5, 0.6) is 0 Å². The van der Waals surface area contributed by atoms with Gasteiger partial charge in [0.1, 0.15) is 6.54 Å². The molecule has 28 heavy (non-hydrogen) atoms. The maximum Gasteiger partial charge on any atom is 0.254 e. The Morgan fingerprint density at radius 3 is 2.36 bits per heavy atom. The predicted octanol–water partition coefficient (Wildman–Crippen LogP) is 3.16. The molecule has 0 fully saturated rings. The molecule has 0 aliphatic rings. The van der Waals surface area contributed by atoms with Gasteiger partial charge in [-0.1, -0.05) is 29.8 Å². The van der Waals surface area contributed by atoms with Crippen LogP contribution in [-0.4, -0.2) is 21.4 Å². The number of amides is 2. The molecule has 0 aliphatic carbocycles. The summed E-state index contributed by atoms with van der Waals surface area (Å²) < 4.78 is 1.21. The maximum absolute atomic E-state index is 12.3. The number of nitrogens with one attached hydrogen (secondary N) is 2. The number of aromatic nitrogens is 2. The number of carbonyl (C=O) groups is 2. The van der Waals surface area contributed by atoms with Crippen LogP contribution >= 0.6 is 11.6 Å². The van der Waals surface area contributed by atoms with E-state index in [4.69, 9.17) is 11.6 Å². The fourth-order valence-electron chi connectivity index (χ4n) is 2.56. The first-order chi connectivity index (χ1) is 13.4. The summed E-state index contributed by atoms with van der Waals surface area (Å²) in [6.45, 7) is 1.22. The van der Waals surface area contributed by atoms with E-state index in [1.54, 1.807) is 48.5 Å². The summed E-state index contributed by atoms with van der Waals surface area (Å²) in [6.07, 6.45) is 1.33. The zero-order valence-corrected chi connectivity index (χ0v) is 15.7. The van der Waals surface area contributed by atoms with Crippen molar-refractivity contribution in [2.24, 2.45) is 0 Å². The Morgan fingerprint density at radius 1 is 1.04 bits per heavy atom. The monoisotopic (exact) mass is 396 g/mol. The highest BCUT2D eigenvalue weighted by molar-refractivity contribution is 6.30.